The molecule has 0 spiro atoms. The number of carboxylic acid groups (broad SMARTS) is 1. The monoisotopic (exact) mass is 355 g/mol. The number of carboxylic acids is 1. The van der Waals surface area contributed by atoms with Gasteiger partial charge in [-0.2, -0.15) is 0 Å². The van der Waals surface area contributed by atoms with Gasteiger partial charge in [0, 0.05) is 11.6 Å². The molecule has 5 heteroatoms. The number of carbonyl (C=O) groups is 2. The van der Waals surface area contributed by atoms with Crippen LogP contribution in [0.15, 0.2) is 54.6 Å². The minimum absolute atomic E-state index is 0.0266. The molecule has 1 amide bonds. The summed E-state index contributed by atoms with van der Waals surface area (Å²) in [6, 6.07) is 16.7. The highest BCUT2D eigenvalue weighted by atomic mass is 16.5. The Morgan fingerprint density at radius 3 is 2.46 bits per heavy atom. The van der Waals surface area contributed by atoms with Gasteiger partial charge in [-0.05, 0) is 42.5 Å². The Hall–Kier alpha value is -2.82. The number of benzene rings is 2. The largest absolute Gasteiger partial charge is 0.482 e. The Labute approximate surface area is 154 Å². The lowest BCUT2D eigenvalue weighted by molar-refractivity contribution is -0.139. The predicted molar refractivity (Wildman–Crippen MR) is 101 cm³/mol. The van der Waals surface area contributed by atoms with Gasteiger partial charge in [-0.15, -0.1) is 0 Å². The summed E-state index contributed by atoms with van der Waals surface area (Å²) in [4.78, 5) is 23.1. The fraction of sp³-hybridized carbons (Fsp3) is 0.333. The van der Waals surface area contributed by atoms with Crippen molar-refractivity contribution in [3.63, 3.8) is 0 Å². The number of ether oxygens (including phenoxy) is 1. The van der Waals surface area contributed by atoms with Crippen molar-refractivity contribution in [3.05, 3.63) is 65.7 Å². The number of amides is 1. The van der Waals surface area contributed by atoms with Crippen molar-refractivity contribution in [2.75, 3.05) is 6.61 Å². The van der Waals surface area contributed by atoms with E-state index in [0.717, 1.165) is 6.42 Å². The maximum absolute atomic E-state index is 12.5. The second-order valence-corrected chi connectivity index (χ2v) is 7.04. The van der Waals surface area contributed by atoms with Crippen LogP contribution in [0.4, 0.5) is 0 Å². The van der Waals surface area contributed by atoms with Crippen LogP contribution in [-0.4, -0.2) is 29.6 Å². The molecule has 1 atom stereocenters. The van der Waals surface area contributed by atoms with Crippen molar-refractivity contribution >= 4 is 11.9 Å². The first-order chi connectivity index (χ1) is 12.3. The molecule has 2 N–H and O–H groups in total. The van der Waals surface area contributed by atoms with Gasteiger partial charge < -0.3 is 15.2 Å². The predicted octanol–water partition coefficient (Wildman–Crippen LogP) is 3.64. The lowest BCUT2D eigenvalue weighted by Gasteiger charge is -2.29. The van der Waals surface area contributed by atoms with Crippen molar-refractivity contribution < 1.29 is 19.4 Å². The van der Waals surface area contributed by atoms with E-state index in [1.54, 1.807) is 24.3 Å². The van der Waals surface area contributed by atoms with Crippen LogP contribution >= 0.6 is 0 Å². The summed E-state index contributed by atoms with van der Waals surface area (Å²) in [6.07, 6.45) is 0.790. The highest BCUT2D eigenvalue weighted by Gasteiger charge is 2.24. The van der Waals surface area contributed by atoms with E-state index in [1.165, 1.54) is 5.56 Å². The van der Waals surface area contributed by atoms with Gasteiger partial charge in [-0.25, -0.2) is 4.79 Å². The van der Waals surface area contributed by atoms with Gasteiger partial charge in [0.15, 0.2) is 6.61 Å². The van der Waals surface area contributed by atoms with Crippen molar-refractivity contribution in [2.24, 2.45) is 0 Å². The average Bonchev–Trinajstić information content (AvgIpc) is 2.60. The van der Waals surface area contributed by atoms with Crippen LogP contribution in [0, 0.1) is 0 Å². The minimum atomic E-state index is -1.06. The van der Waals surface area contributed by atoms with E-state index in [-0.39, 0.29) is 17.4 Å². The quantitative estimate of drug-likeness (QED) is 0.758. The minimum Gasteiger partial charge on any atom is -0.482 e. The maximum Gasteiger partial charge on any atom is 0.341 e. The average molecular weight is 355 g/mol. The van der Waals surface area contributed by atoms with Crippen LogP contribution < -0.4 is 10.1 Å². The van der Waals surface area contributed by atoms with Gasteiger partial charge in [0.1, 0.15) is 5.75 Å². The molecule has 0 aliphatic carbocycles. The second kappa shape index (κ2) is 8.52. The summed E-state index contributed by atoms with van der Waals surface area (Å²) in [7, 11) is 0. The molecule has 0 radical (unpaired) electrons. The third-order valence-electron chi connectivity index (χ3n) is 4.21. The first-order valence-corrected chi connectivity index (χ1v) is 8.59. The maximum atomic E-state index is 12.5. The molecule has 0 heterocycles. The zero-order valence-corrected chi connectivity index (χ0v) is 15.4. The summed E-state index contributed by atoms with van der Waals surface area (Å²) < 4.78 is 5.12. The normalized spacial score (nSPS) is 12.3. The summed E-state index contributed by atoms with van der Waals surface area (Å²) in [5.41, 5.74) is 1.60. The first-order valence-electron chi connectivity index (χ1n) is 8.59. The van der Waals surface area contributed by atoms with Crippen molar-refractivity contribution in [1.29, 1.82) is 0 Å². The van der Waals surface area contributed by atoms with Crippen molar-refractivity contribution in [3.8, 4) is 5.75 Å². The van der Waals surface area contributed by atoms with Crippen LogP contribution in [0.3, 0.4) is 0 Å². The molecular formula is C21H25NO4. The number of carbonyl (C=O) groups excluding carboxylic acids is 1. The Balaban J connectivity index is 1.98. The molecule has 0 saturated heterocycles. The van der Waals surface area contributed by atoms with Crippen LogP contribution in [0.25, 0.3) is 0 Å². The van der Waals surface area contributed by atoms with Gasteiger partial charge in [0.2, 0.25) is 0 Å². The number of hydrogen-bond donors (Lipinski definition) is 2. The summed E-state index contributed by atoms with van der Waals surface area (Å²) in [6.45, 7) is 5.86. The van der Waals surface area contributed by atoms with Gasteiger partial charge in [-0.1, -0.05) is 50.2 Å². The number of aliphatic carboxylic acids is 1. The van der Waals surface area contributed by atoms with E-state index in [2.05, 4.69) is 31.3 Å². The Morgan fingerprint density at radius 1 is 1.12 bits per heavy atom. The van der Waals surface area contributed by atoms with E-state index in [1.807, 2.05) is 25.1 Å². The molecule has 2 aromatic rings. The third kappa shape index (κ3) is 5.62. The number of hydrogen-bond acceptors (Lipinski definition) is 3. The van der Waals surface area contributed by atoms with Gasteiger partial charge in [0.25, 0.3) is 5.91 Å². The Bertz CT molecular complexity index is 756. The van der Waals surface area contributed by atoms with E-state index < -0.39 is 12.6 Å². The lowest BCUT2D eigenvalue weighted by Crippen LogP contribution is -2.37. The van der Waals surface area contributed by atoms with E-state index in [9.17, 15) is 9.59 Å². The Kier molecular flexibility index (Phi) is 6.39. The highest BCUT2D eigenvalue weighted by molar-refractivity contribution is 5.94. The van der Waals surface area contributed by atoms with Crippen LogP contribution in [0.1, 0.15) is 43.1 Å². The summed E-state index contributed by atoms with van der Waals surface area (Å²) in [5.74, 6) is -0.906. The van der Waals surface area contributed by atoms with Gasteiger partial charge in [0.05, 0.1) is 0 Å². The molecule has 5 nitrogen and oxygen atoms in total. The summed E-state index contributed by atoms with van der Waals surface area (Å²) in [5, 5.41) is 11.7. The molecule has 0 saturated carbocycles. The molecule has 0 fully saturated rings. The highest BCUT2D eigenvalue weighted by Crippen LogP contribution is 2.28. The van der Waals surface area contributed by atoms with Crippen LogP contribution in [-0.2, 0) is 10.2 Å². The van der Waals surface area contributed by atoms with E-state index >= 15 is 0 Å². The van der Waals surface area contributed by atoms with Crippen LogP contribution in [0.2, 0.25) is 0 Å². The summed E-state index contributed by atoms with van der Waals surface area (Å²) >= 11 is 0. The van der Waals surface area contributed by atoms with E-state index in [4.69, 9.17) is 9.84 Å². The topological polar surface area (TPSA) is 75.6 Å². The molecule has 2 rings (SSSR count). The molecule has 26 heavy (non-hydrogen) atoms. The molecule has 2 aromatic carbocycles. The number of nitrogens with one attached hydrogen (secondary N) is 1. The third-order valence-corrected chi connectivity index (χ3v) is 4.21. The molecule has 1 unspecified atom stereocenters. The molecule has 0 bridgehead atoms. The lowest BCUT2D eigenvalue weighted by atomic mass is 9.79. The fourth-order valence-electron chi connectivity index (χ4n) is 3.00. The molecule has 0 aromatic heterocycles. The standard InChI is InChI=1S/C21H25NO4/c1-15(13-21(2,3)17-9-5-4-6-10-17)22-20(25)16-8-7-11-18(12-16)26-14-19(23)24/h4-12,15H,13-14H2,1-3H3,(H,22,25)(H,23,24). The van der Waals surface area contributed by atoms with Crippen molar-refractivity contribution in [1.82, 2.24) is 5.32 Å². The van der Waals surface area contributed by atoms with E-state index in [0.29, 0.717) is 11.3 Å². The first kappa shape index (κ1) is 19.5. The Morgan fingerprint density at radius 2 is 1.81 bits per heavy atom. The van der Waals surface area contributed by atoms with Crippen LogP contribution in [0.5, 0.6) is 5.75 Å². The molecule has 0 aliphatic heterocycles. The smallest absolute Gasteiger partial charge is 0.341 e. The molecule has 138 valence electrons. The SMILES string of the molecule is CC(CC(C)(C)c1ccccc1)NC(=O)c1cccc(OCC(=O)O)c1. The molecule has 0 aliphatic rings. The fourth-order valence-corrected chi connectivity index (χ4v) is 3.00. The molecular weight excluding hydrogens is 330 g/mol. The van der Waals surface area contributed by atoms with Gasteiger partial charge in [-0.3, -0.25) is 4.79 Å². The van der Waals surface area contributed by atoms with Crippen molar-refractivity contribution in [2.45, 2.75) is 38.6 Å². The number of rotatable bonds is 8. The van der Waals surface area contributed by atoms with Gasteiger partial charge >= 0.3 is 5.97 Å². The zero-order chi connectivity index (χ0) is 19.2. The zero-order valence-electron chi connectivity index (χ0n) is 15.4. The second-order valence-electron chi connectivity index (χ2n) is 7.04.